The number of carbonyl (C=O) groups is 2. The highest BCUT2D eigenvalue weighted by Gasteiger charge is 2.09. The Morgan fingerprint density at radius 2 is 1.54 bits per heavy atom. The first kappa shape index (κ1) is 17.2. The van der Waals surface area contributed by atoms with Gasteiger partial charge in [0.15, 0.2) is 12.4 Å². The third kappa shape index (κ3) is 4.70. The number of amides is 1. The van der Waals surface area contributed by atoms with Crippen LogP contribution in [-0.2, 0) is 4.79 Å². The summed E-state index contributed by atoms with van der Waals surface area (Å²) in [4.78, 5) is 22.8. The summed E-state index contributed by atoms with van der Waals surface area (Å²) in [5.74, 6) is 1.43. The quantitative estimate of drug-likeness (QED) is 0.647. The predicted octanol–water partition coefficient (Wildman–Crippen LogP) is 4.31. The number of aldehydes is 1. The number of rotatable bonds is 7. The first-order chi connectivity index (χ1) is 12.7. The van der Waals surface area contributed by atoms with E-state index in [0.29, 0.717) is 28.5 Å². The Morgan fingerprint density at radius 3 is 2.27 bits per heavy atom. The van der Waals surface area contributed by atoms with E-state index in [-0.39, 0.29) is 12.5 Å². The van der Waals surface area contributed by atoms with Gasteiger partial charge in [-0.1, -0.05) is 30.3 Å². The molecule has 0 saturated heterocycles. The molecule has 0 aliphatic carbocycles. The first-order valence-corrected chi connectivity index (χ1v) is 8.04. The summed E-state index contributed by atoms with van der Waals surface area (Å²) in [5.41, 5.74) is 1.11. The van der Waals surface area contributed by atoms with Crippen LogP contribution >= 0.6 is 0 Å². The molecule has 0 bridgehead atoms. The van der Waals surface area contributed by atoms with Crippen molar-refractivity contribution in [2.45, 2.75) is 0 Å². The molecule has 1 amide bonds. The normalized spacial score (nSPS) is 10.0. The van der Waals surface area contributed by atoms with Gasteiger partial charge in [-0.15, -0.1) is 0 Å². The Balaban J connectivity index is 1.61. The fourth-order valence-electron chi connectivity index (χ4n) is 2.25. The number of hydrogen-bond acceptors (Lipinski definition) is 4. The van der Waals surface area contributed by atoms with Gasteiger partial charge in [-0.2, -0.15) is 0 Å². The topological polar surface area (TPSA) is 64.6 Å². The SMILES string of the molecule is O=Cc1ccc(OCC(=O)Nc2ccccc2Oc2ccccc2)cc1. The van der Waals surface area contributed by atoms with Gasteiger partial charge in [0, 0.05) is 5.56 Å². The van der Waals surface area contributed by atoms with Gasteiger partial charge in [0.2, 0.25) is 0 Å². The van der Waals surface area contributed by atoms with Gasteiger partial charge in [-0.25, -0.2) is 0 Å². The van der Waals surface area contributed by atoms with E-state index >= 15 is 0 Å². The lowest BCUT2D eigenvalue weighted by molar-refractivity contribution is -0.118. The maximum absolute atomic E-state index is 12.2. The minimum atomic E-state index is -0.312. The fourth-order valence-corrected chi connectivity index (χ4v) is 2.25. The average molecular weight is 347 g/mol. The number of nitrogens with one attached hydrogen (secondary N) is 1. The van der Waals surface area contributed by atoms with Gasteiger partial charge in [-0.05, 0) is 48.5 Å². The molecule has 0 aliphatic rings. The second-order valence-electron chi connectivity index (χ2n) is 5.44. The number of anilines is 1. The zero-order valence-electron chi connectivity index (χ0n) is 13.9. The maximum atomic E-state index is 12.2. The van der Waals surface area contributed by atoms with Crippen molar-refractivity contribution in [3.05, 3.63) is 84.4 Å². The molecule has 3 aromatic rings. The van der Waals surface area contributed by atoms with E-state index in [1.807, 2.05) is 42.5 Å². The van der Waals surface area contributed by atoms with Gasteiger partial charge >= 0.3 is 0 Å². The second kappa shape index (κ2) is 8.48. The van der Waals surface area contributed by atoms with Crippen molar-refractivity contribution >= 4 is 17.9 Å². The second-order valence-corrected chi connectivity index (χ2v) is 5.44. The Kier molecular flexibility index (Phi) is 5.62. The Morgan fingerprint density at radius 1 is 0.846 bits per heavy atom. The van der Waals surface area contributed by atoms with Crippen LogP contribution in [0.15, 0.2) is 78.9 Å². The first-order valence-electron chi connectivity index (χ1n) is 8.04. The van der Waals surface area contributed by atoms with Gasteiger partial charge in [-0.3, -0.25) is 9.59 Å². The van der Waals surface area contributed by atoms with Crippen molar-refractivity contribution in [2.24, 2.45) is 0 Å². The van der Waals surface area contributed by atoms with Crippen molar-refractivity contribution < 1.29 is 19.1 Å². The number of carbonyl (C=O) groups excluding carboxylic acids is 2. The van der Waals surface area contributed by atoms with E-state index in [9.17, 15) is 9.59 Å². The van der Waals surface area contributed by atoms with Crippen LogP contribution in [0, 0.1) is 0 Å². The summed E-state index contributed by atoms with van der Waals surface area (Å²) in [6, 6.07) is 23.1. The molecule has 0 radical (unpaired) electrons. The summed E-state index contributed by atoms with van der Waals surface area (Å²) in [5, 5.41) is 2.78. The Hall–Kier alpha value is -3.60. The molecule has 0 aliphatic heterocycles. The lowest BCUT2D eigenvalue weighted by Gasteiger charge is -2.12. The largest absolute Gasteiger partial charge is 0.484 e. The molecule has 0 fully saturated rings. The highest BCUT2D eigenvalue weighted by atomic mass is 16.5. The summed E-state index contributed by atoms with van der Waals surface area (Å²) in [6.45, 7) is -0.153. The highest BCUT2D eigenvalue weighted by molar-refractivity contribution is 5.93. The molecule has 5 heteroatoms. The molecule has 0 heterocycles. The highest BCUT2D eigenvalue weighted by Crippen LogP contribution is 2.29. The molecule has 130 valence electrons. The minimum Gasteiger partial charge on any atom is -0.484 e. The number of benzene rings is 3. The van der Waals surface area contributed by atoms with E-state index in [1.54, 1.807) is 36.4 Å². The number of para-hydroxylation sites is 3. The van der Waals surface area contributed by atoms with Gasteiger partial charge < -0.3 is 14.8 Å². The molecule has 1 N–H and O–H groups in total. The van der Waals surface area contributed by atoms with Gasteiger partial charge in [0.05, 0.1) is 5.69 Å². The minimum absolute atomic E-state index is 0.153. The van der Waals surface area contributed by atoms with E-state index in [1.165, 1.54) is 0 Å². The van der Waals surface area contributed by atoms with Crippen molar-refractivity contribution in [1.29, 1.82) is 0 Å². The van der Waals surface area contributed by atoms with Crippen LogP contribution in [0.25, 0.3) is 0 Å². The third-order valence-electron chi connectivity index (χ3n) is 3.52. The van der Waals surface area contributed by atoms with E-state index in [0.717, 1.165) is 6.29 Å². The van der Waals surface area contributed by atoms with Crippen LogP contribution in [0.2, 0.25) is 0 Å². The molecule has 26 heavy (non-hydrogen) atoms. The van der Waals surface area contributed by atoms with Crippen molar-refractivity contribution in [3.63, 3.8) is 0 Å². The number of ether oxygens (including phenoxy) is 2. The molecule has 5 nitrogen and oxygen atoms in total. The molecular weight excluding hydrogens is 330 g/mol. The molecular formula is C21H17NO4. The standard InChI is InChI=1S/C21H17NO4/c23-14-16-10-12-17(13-11-16)25-15-21(24)22-19-8-4-5-9-20(19)26-18-6-2-1-3-7-18/h1-14H,15H2,(H,22,24). The van der Waals surface area contributed by atoms with Crippen LogP contribution in [-0.4, -0.2) is 18.8 Å². The monoisotopic (exact) mass is 347 g/mol. The maximum Gasteiger partial charge on any atom is 0.262 e. The van der Waals surface area contributed by atoms with Crippen LogP contribution in [0.4, 0.5) is 5.69 Å². The van der Waals surface area contributed by atoms with Crippen molar-refractivity contribution in [3.8, 4) is 17.2 Å². The zero-order valence-corrected chi connectivity index (χ0v) is 13.9. The van der Waals surface area contributed by atoms with Crippen LogP contribution in [0.5, 0.6) is 17.2 Å². The fraction of sp³-hybridized carbons (Fsp3) is 0.0476. The van der Waals surface area contributed by atoms with Gasteiger partial charge in [0.25, 0.3) is 5.91 Å². The molecule has 0 unspecified atom stereocenters. The van der Waals surface area contributed by atoms with Crippen LogP contribution < -0.4 is 14.8 Å². The average Bonchev–Trinajstić information content (AvgIpc) is 2.69. The van der Waals surface area contributed by atoms with Crippen molar-refractivity contribution in [2.75, 3.05) is 11.9 Å². The lowest BCUT2D eigenvalue weighted by atomic mass is 10.2. The molecule has 0 spiro atoms. The lowest BCUT2D eigenvalue weighted by Crippen LogP contribution is -2.20. The Bertz CT molecular complexity index is 876. The van der Waals surface area contributed by atoms with Crippen LogP contribution in [0.3, 0.4) is 0 Å². The van der Waals surface area contributed by atoms with E-state index in [2.05, 4.69) is 5.32 Å². The number of hydrogen-bond donors (Lipinski definition) is 1. The molecule has 0 aromatic heterocycles. The Labute approximate surface area is 151 Å². The molecule has 0 atom stereocenters. The van der Waals surface area contributed by atoms with E-state index < -0.39 is 0 Å². The summed E-state index contributed by atoms with van der Waals surface area (Å²) in [7, 11) is 0. The van der Waals surface area contributed by atoms with Crippen LogP contribution in [0.1, 0.15) is 10.4 Å². The predicted molar refractivity (Wildman–Crippen MR) is 98.9 cm³/mol. The van der Waals surface area contributed by atoms with E-state index in [4.69, 9.17) is 9.47 Å². The smallest absolute Gasteiger partial charge is 0.262 e. The third-order valence-corrected chi connectivity index (χ3v) is 3.52. The summed E-state index contributed by atoms with van der Waals surface area (Å²) in [6.07, 6.45) is 0.750. The van der Waals surface area contributed by atoms with Crippen molar-refractivity contribution in [1.82, 2.24) is 0 Å². The molecule has 3 aromatic carbocycles. The summed E-state index contributed by atoms with van der Waals surface area (Å²) >= 11 is 0. The molecule has 3 rings (SSSR count). The zero-order chi connectivity index (χ0) is 18.2. The van der Waals surface area contributed by atoms with Gasteiger partial charge in [0.1, 0.15) is 17.8 Å². The summed E-state index contributed by atoms with van der Waals surface area (Å²) < 4.78 is 11.2. The molecule has 0 saturated carbocycles.